The zero-order valence-electron chi connectivity index (χ0n) is 10.2. The molecule has 2 rings (SSSR count). The molecule has 2 fully saturated rings. The maximum absolute atomic E-state index is 11.8. The van der Waals surface area contributed by atoms with Crippen molar-refractivity contribution in [2.75, 3.05) is 6.54 Å². The molecule has 0 aliphatic heterocycles. The van der Waals surface area contributed by atoms with Crippen molar-refractivity contribution in [3.05, 3.63) is 0 Å². The first-order valence-electron chi connectivity index (χ1n) is 6.61. The Bertz CT molecular complexity index is 255. The van der Waals surface area contributed by atoms with Gasteiger partial charge in [-0.2, -0.15) is 0 Å². The smallest absolute Gasteiger partial charge is 0.223 e. The van der Waals surface area contributed by atoms with E-state index in [1.807, 2.05) is 6.92 Å². The van der Waals surface area contributed by atoms with E-state index in [0.29, 0.717) is 12.5 Å². The molecule has 3 heteroatoms. The third kappa shape index (κ3) is 2.97. The van der Waals surface area contributed by atoms with Crippen molar-refractivity contribution < 1.29 is 9.90 Å². The van der Waals surface area contributed by atoms with Crippen molar-refractivity contribution in [2.45, 2.75) is 57.5 Å². The van der Waals surface area contributed by atoms with Crippen molar-refractivity contribution in [1.29, 1.82) is 0 Å². The standard InChI is InChI=1S/C13H23NO2/c1-10(11-5-6-11)12(15)14-9-13(16)7-3-2-4-8-13/h10-11,16H,2-9H2,1H3,(H,14,15). The number of nitrogens with one attached hydrogen (secondary N) is 1. The number of aliphatic hydroxyl groups is 1. The fraction of sp³-hybridized carbons (Fsp3) is 0.923. The normalized spacial score (nSPS) is 26.1. The topological polar surface area (TPSA) is 49.3 Å². The van der Waals surface area contributed by atoms with Gasteiger partial charge in [0.15, 0.2) is 0 Å². The molecule has 2 aliphatic rings. The molecule has 1 unspecified atom stereocenters. The van der Waals surface area contributed by atoms with Crippen LogP contribution >= 0.6 is 0 Å². The average Bonchev–Trinajstić information content (AvgIpc) is 3.10. The van der Waals surface area contributed by atoms with Gasteiger partial charge in [-0.05, 0) is 31.6 Å². The van der Waals surface area contributed by atoms with E-state index in [1.54, 1.807) is 0 Å². The van der Waals surface area contributed by atoms with Gasteiger partial charge in [-0.1, -0.05) is 26.2 Å². The van der Waals surface area contributed by atoms with E-state index in [0.717, 1.165) is 25.7 Å². The van der Waals surface area contributed by atoms with Crippen molar-refractivity contribution >= 4 is 5.91 Å². The first-order chi connectivity index (χ1) is 7.61. The van der Waals surface area contributed by atoms with Gasteiger partial charge >= 0.3 is 0 Å². The summed E-state index contributed by atoms with van der Waals surface area (Å²) in [5, 5.41) is 13.2. The van der Waals surface area contributed by atoms with Gasteiger partial charge < -0.3 is 10.4 Å². The highest BCUT2D eigenvalue weighted by atomic mass is 16.3. The molecule has 0 spiro atoms. The lowest BCUT2D eigenvalue weighted by Crippen LogP contribution is -2.45. The van der Waals surface area contributed by atoms with Gasteiger partial charge in [0.25, 0.3) is 0 Å². The van der Waals surface area contributed by atoms with Crippen molar-refractivity contribution in [3.63, 3.8) is 0 Å². The predicted molar refractivity (Wildman–Crippen MR) is 62.9 cm³/mol. The lowest BCUT2D eigenvalue weighted by Gasteiger charge is -2.32. The zero-order valence-corrected chi connectivity index (χ0v) is 10.2. The van der Waals surface area contributed by atoms with Crippen LogP contribution in [0.4, 0.5) is 0 Å². The molecule has 3 nitrogen and oxygen atoms in total. The maximum Gasteiger partial charge on any atom is 0.223 e. The van der Waals surface area contributed by atoms with E-state index in [4.69, 9.17) is 0 Å². The van der Waals surface area contributed by atoms with Gasteiger partial charge in [0.1, 0.15) is 0 Å². The minimum absolute atomic E-state index is 0.126. The van der Waals surface area contributed by atoms with Crippen LogP contribution in [0.25, 0.3) is 0 Å². The maximum atomic E-state index is 11.8. The number of carbonyl (C=O) groups excluding carboxylic acids is 1. The van der Waals surface area contributed by atoms with E-state index in [-0.39, 0.29) is 11.8 Å². The van der Waals surface area contributed by atoms with Gasteiger partial charge in [-0.15, -0.1) is 0 Å². The molecule has 0 heterocycles. The fourth-order valence-corrected chi connectivity index (χ4v) is 2.61. The lowest BCUT2D eigenvalue weighted by atomic mass is 9.85. The molecule has 0 bridgehead atoms. The summed E-state index contributed by atoms with van der Waals surface area (Å²) in [6.07, 6.45) is 7.46. The summed E-state index contributed by atoms with van der Waals surface area (Å²) in [5.41, 5.74) is -0.628. The molecule has 92 valence electrons. The summed E-state index contributed by atoms with van der Waals surface area (Å²) in [7, 11) is 0. The molecule has 0 aromatic rings. The Morgan fingerprint density at radius 1 is 1.38 bits per heavy atom. The van der Waals surface area contributed by atoms with Crippen molar-refractivity contribution in [3.8, 4) is 0 Å². The number of hydrogen-bond donors (Lipinski definition) is 2. The van der Waals surface area contributed by atoms with E-state index in [9.17, 15) is 9.90 Å². The van der Waals surface area contributed by atoms with E-state index in [1.165, 1.54) is 19.3 Å². The fourth-order valence-electron chi connectivity index (χ4n) is 2.61. The molecular formula is C13H23NO2. The van der Waals surface area contributed by atoms with Crippen LogP contribution in [0.5, 0.6) is 0 Å². The Balaban J connectivity index is 1.74. The van der Waals surface area contributed by atoms with Crippen molar-refractivity contribution in [2.24, 2.45) is 11.8 Å². The Morgan fingerprint density at radius 3 is 2.56 bits per heavy atom. The molecular weight excluding hydrogens is 202 g/mol. The Morgan fingerprint density at radius 2 is 2.00 bits per heavy atom. The van der Waals surface area contributed by atoms with Crippen LogP contribution in [0.3, 0.4) is 0 Å². The SMILES string of the molecule is CC(C(=O)NCC1(O)CCCCC1)C1CC1. The summed E-state index contributed by atoms with van der Waals surface area (Å²) >= 11 is 0. The molecule has 2 aliphatic carbocycles. The van der Waals surface area contributed by atoms with Gasteiger partial charge in [0.05, 0.1) is 5.60 Å². The van der Waals surface area contributed by atoms with Crippen LogP contribution in [0.1, 0.15) is 51.9 Å². The number of carbonyl (C=O) groups is 1. The quantitative estimate of drug-likeness (QED) is 0.767. The van der Waals surface area contributed by atoms with Crippen LogP contribution < -0.4 is 5.32 Å². The molecule has 0 saturated heterocycles. The minimum Gasteiger partial charge on any atom is -0.388 e. The largest absolute Gasteiger partial charge is 0.388 e. The molecule has 0 aromatic carbocycles. The summed E-state index contributed by atoms with van der Waals surface area (Å²) in [6.45, 7) is 2.45. The minimum atomic E-state index is -0.628. The number of rotatable bonds is 4. The molecule has 16 heavy (non-hydrogen) atoms. The second-order valence-electron chi connectivity index (χ2n) is 5.63. The molecule has 2 saturated carbocycles. The third-order valence-electron chi connectivity index (χ3n) is 4.12. The zero-order chi connectivity index (χ0) is 11.6. The first kappa shape index (κ1) is 11.9. The Labute approximate surface area is 97.6 Å². The van der Waals surface area contributed by atoms with Crippen LogP contribution in [0.15, 0.2) is 0 Å². The lowest BCUT2D eigenvalue weighted by molar-refractivity contribution is -0.126. The molecule has 1 atom stereocenters. The second kappa shape index (κ2) is 4.74. The first-order valence-corrected chi connectivity index (χ1v) is 6.61. The monoisotopic (exact) mass is 225 g/mol. The predicted octanol–water partition coefficient (Wildman–Crippen LogP) is 1.84. The van der Waals surface area contributed by atoms with Gasteiger partial charge in [-0.25, -0.2) is 0 Å². The van der Waals surface area contributed by atoms with Gasteiger partial charge in [-0.3, -0.25) is 4.79 Å². The van der Waals surface area contributed by atoms with Crippen molar-refractivity contribution in [1.82, 2.24) is 5.32 Å². The van der Waals surface area contributed by atoms with E-state index < -0.39 is 5.60 Å². The molecule has 0 aromatic heterocycles. The molecule has 1 amide bonds. The van der Waals surface area contributed by atoms with E-state index >= 15 is 0 Å². The van der Waals surface area contributed by atoms with Crippen LogP contribution in [-0.4, -0.2) is 23.2 Å². The number of hydrogen-bond acceptors (Lipinski definition) is 2. The van der Waals surface area contributed by atoms with Crippen LogP contribution in [0, 0.1) is 11.8 Å². The van der Waals surface area contributed by atoms with E-state index in [2.05, 4.69) is 5.32 Å². The average molecular weight is 225 g/mol. The second-order valence-corrected chi connectivity index (χ2v) is 5.63. The van der Waals surface area contributed by atoms with Crippen LogP contribution in [0.2, 0.25) is 0 Å². The highest BCUT2D eigenvalue weighted by Crippen LogP contribution is 2.36. The van der Waals surface area contributed by atoms with Gasteiger partial charge in [0.2, 0.25) is 5.91 Å². The van der Waals surface area contributed by atoms with Gasteiger partial charge in [0, 0.05) is 12.5 Å². The third-order valence-corrected chi connectivity index (χ3v) is 4.12. The Kier molecular flexibility index (Phi) is 3.53. The van der Waals surface area contributed by atoms with Crippen LogP contribution in [-0.2, 0) is 4.79 Å². The Hall–Kier alpha value is -0.570. The molecule has 2 N–H and O–H groups in total. The highest BCUT2D eigenvalue weighted by molar-refractivity contribution is 5.78. The summed E-state index contributed by atoms with van der Waals surface area (Å²) in [6, 6.07) is 0. The summed E-state index contributed by atoms with van der Waals surface area (Å²) in [4.78, 5) is 11.8. The highest BCUT2D eigenvalue weighted by Gasteiger charge is 2.34. The molecule has 0 radical (unpaired) electrons. The summed E-state index contributed by atoms with van der Waals surface area (Å²) in [5.74, 6) is 0.856. The number of amides is 1. The summed E-state index contributed by atoms with van der Waals surface area (Å²) < 4.78 is 0.